The molecule has 0 aliphatic heterocycles. The largest absolute Gasteiger partial charge is 0.494 e. The minimum absolute atomic E-state index is 0.0669. The molecule has 0 radical (unpaired) electrons. The smallest absolute Gasteiger partial charge is 0.252 e. The highest BCUT2D eigenvalue weighted by Crippen LogP contribution is 2.34. The molecule has 26 heavy (non-hydrogen) atoms. The van der Waals surface area contributed by atoms with Gasteiger partial charge in [0.05, 0.1) is 17.2 Å². The van der Waals surface area contributed by atoms with Gasteiger partial charge in [-0.2, -0.15) is 0 Å². The molecule has 2 N–H and O–H groups in total. The molecule has 2 aromatic rings. The number of likely N-dealkylation sites (N-methyl/N-ethyl adjacent to an activating group) is 1. The van der Waals surface area contributed by atoms with Crippen LogP contribution >= 0.6 is 23.2 Å². The van der Waals surface area contributed by atoms with Crippen LogP contribution in [-0.4, -0.2) is 26.0 Å². The molecule has 1 atom stereocenters. The zero-order chi connectivity index (χ0) is 19.4. The second kappa shape index (κ2) is 8.33. The fourth-order valence-corrected chi connectivity index (χ4v) is 2.88. The van der Waals surface area contributed by atoms with E-state index in [1.807, 2.05) is 0 Å². The Balaban J connectivity index is 2.35. The summed E-state index contributed by atoms with van der Waals surface area (Å²) in [7, 11) is 2.72. The number of amides is 2. The molecule has 9 heteroatoms. The number of methoxy groups -OCH3 is 1. The fourth-order valence-electron chi connectivity index (χ4n) is 2.24. The molecule has 0 fully saturated rings. The molecule has 0 aliphatic carbocycles. The Hall–Kier alpha value is -2.38. The third kappa shape index (κ3) is 4.23. The number of carbonyl (C=O) groups excluding carboxylic acids is 2. The van der Waals surface area contributed by atoms with Gasteiger partial charge in [0.25, 0.3) is 5.91 Å². The fraction of sp³-hybridized carbons (Fsp3) is 0.176. The van der Waals surface area contributed by atoms with Gasteiger partial charge < -0.3 is 15.4 Å². The van der Waals surface area contributed by atoms with Crippen LogP contribution in [0.5, 0.6) is 5.75 Å². The number of hydrogen-bond donors (Lipinski definition) is 2. The summed E-state index contributed by atoms with van der Waals surface area (Å²) in [5.41, 5.74) is 0.139. The molecule has 0 saturated carbocycles. The van der Waals surface area contributed by atoms with E-state index in [9.17, 15) is 18.4 Å². The second-order valence-corrected chi connectivity index (χ2v) is 5.98. The first kappa shape index (κ1) is 19.9. The van der Waals surface area contributed by atoms with E-state index < -0.39 is 29.5 Å². The average molecular weight is 403 g/mol. The quantitative estimate of drug-likeness (QED) is 0.803. The van der Waals surface area contributed by atoms with Crippen LogP contribution in [-0.2, 0) is 4.79 Å². The maximum absolute atomic E-state index is 13.5. The SMILES string of the molecule is CNC(=O)C(NC(=O)c1cc(Cl)c(OC)c(Cl)c1)c1ccc(F)c(F)c1. The lowest BCUT2D eigenvalue weighted by atomic mass is 10.0. The third-order valence-electron chi connectivity index (χ3n) is 3.53. The molecule has 138 valence electrons. The Morgan fingerprint density at radius 1 is 1.08 bits per heavy atom. The Labute approximate surface area is 158 Å². The van der Waals surface area contributed by atoms with E-state index in [1.165, 1.54) is 32.4 Å². The summed E-state index contributed by atoms with van der Waals surface area (Å²) < 4.78 is 31.6. The number of ether oxygens (including phenoxy) is 1. The monoisotopic (exact) mass is 402 g/mol. The maximum Gasteiger partial charge on any atom is 0.252 e. The summed E-state index contributed by atoms with van der Waals surface area (Å²) in [6.45, 7) is 0. The molecule has 2 aromatic carbocycles. The Bertz CT molecular complexity index is 839. The molecule has 2 rings (SSSR count). The molecule has 0 heterocycles. The van der Waals surface area contributed by atoms with Crippen molar-refractivity contribution in [3.05, 3.63) is 63.1 Å². The first-order chi connectivity index (χ1) is 12.3. The van der Waals surface area contributed by atoms with E-state index in [1.54, 1.807) is 0 Å². The van der Waals surface area contributed by atoms with Gasteiger partial charge >= 0.3 is 0 Å². The third-order valence-corrected chi connectivity index (χ3v) is 4.09. The highest BCUT2D eigenvalue weighted by molar-refractivity contribution is 6.37. The van der Waals surface area contributed by atoms with Gasteiger partial charge in [-0.25, -0.2) is 8.78 Å². The number of carbonyl (C=O) groups is 2. The summed E-state index contributed by atoms with van der Waals surface area (Å²) in [6, 6.07) is 4.29. The van der Waals surface area contributed by atoms with Crippen LogP contribution in [0.25, 0.3) is 0 Å². The van der Waals surface area contributed by atoms with Crippen LogP contribution in [0.15, 0.2) is 30.3 Å². The van der Waals surface area contributed by atoms with Gasteiger partial charge in [-0.1, -0.05) is 29.3 Å². The van der Waals surface area contributed by atoms with Crippen molar-refractivity contribution in [1.82, 2.24) is 10.6 Å². The normalized spacial score (nSPS) is 11.6. The zero-order valence-corrected chi connectivity index (χ0v) is 15.2. The van der Waals surface area contributed by atoms with Gasteiger partial charge in [-0.15, -0.1) is 0 Å². The Morgan fingerprint density at radius 2 is 1.69 bits per heavy atom. The predicted molar refractivity (Wildman–Crippen MR) is 93.6 cm³/mol. The molecule has 0 spiro atoms. The van der Waals surface area contributed by atoms with Crippen LogP contribution < -0.4 is 15.4 Å². The molecule has 0 saturated heterocycles. The second-order valence-electron chi connectivity index (χ2n) is 5.17. The van der Waals surface area contributed by atoms with E-state index in [4.69, 9.17) is 27.9 Å². The summed E-state index contributed by atoms with van der Waals surface area (Å²) >= 11 is 12.0. The average Bonchev–Trinajstić information content (AvgIpc) is 2.61. The maximum atomic E-state index is 13.5. The minimum atomic E-state index is -1.25. The first-order valence-corrected chi connectivity index (χ1v) is 8.04. The van der Waals surface area contributed by atoms with Crippen molar-refractivity contribution in [3.63, 3.8) is 0 Å². The van der Waals surface area contributed by atoms with Crippen molar-refractivity contribution in [2.45, 2.75) is 6.04 Å². The lowest BCUT2D eigenvalue weighted by molar-refractivity contribution is -0.122. The summed E-state index contributed by atoms with van der Waals surface area (Å²) in [5, 5.41) is 5.01. The Morgan fingerprint density at radius 3 is 2.19 bits per heavy atom. The van der Waals surface area contributed by atoms with Gasteiger partial charge in [0.2, 0.25) is 5.91 Å². The summed E-state index contributed by atoms with van der Waals surface area (Å²) in [4.78, 5) is 24.6. The Kier molecular flexibility index (Phi) is 6.39. The van der Waals surface area contributed by atoms with Crippen LogP contribution in [0.4, 0.5) is 8.78 Å². The van der Waals surface area contributed by atoms with E-state index in [0.29, 0.717) is 0 Å². The highest BCUT2D eigenvalue weighted by atomic mass is 35.5. The van der Waals surface area contributed by atoms with Crippen molar-refractivity contribution in [2.24, 2.45) is 0 Å². The molecule has 5 nitrogen and oxygen atoms in total. The molecule has 2 amide bonds. The van der Waals surface area contributed by atoms with Gasteiger partial charge in [0.1, 0.15) is 6.04 Å². The molecular formula is C17H14Cl2F2N2O3. The number of halogens is 4. The van der Waals surface area contributed by atoms with Crippen molar-refractivity contribution in [3.8, 4) is 5.75 Å². The number of hydrogen-bond acceptors (Lipinski definition) is 3. The van der Waals surface area contributed by atoms with Crippen LogP contribution in [0.1, 0.15) is 22.0 Å². The molecule has 1 unspecified atom stereocenters. The molecule has 0 bridgehead atoms. The van der Waals surface area contributed by atoms with Crippen molar-refractivity contribution in [2.75, 3.05) is 14.2 Å². The molecule has 0 aromatic heterocycles. The van der Waals surface area contributed by atoms with Gasteiger partial charge in [0, 0.05) is 12.6 Å². The topological polar surface area (TPSA) is 67.4 Å². The number of nitrogens with one attached hydrogen (secondary N) is 2. The lowest BCUT2D eigenvalue weighted by Gasteiger charge is -2.18. The predicted octanol–water partition coefficient (Wildman–Crippen LogP) is 3.50. The lowest BCUT2D eigenvalue weighted by Crippen LogP contribution is -2.39. The number of rotatable bonds is 5. The minimum Gasteiger partial charge on any atom is -0.494 e. The van der Waals surface area contributed by atoms with Crippen molar-refractivity contribution < 1.29 is 23.1 Å². The molecule has 0 aliphatic rings. The summed E-state index contributed by atoms with van der Waals surface area (Å²) in [5.74, 6) is -3.30. The van der Waals surface area contributed by atoms with Crippen LogP contribution in [0.2, 0.25) is 10.0 Å². The van der Waals surface area contributed by atoms with Crippen molar-refractivity contribution in [1.29, 1.82) is 0 Å². The van der Waals surface area contributed by atoms with E-state index in [0.717, 1.165) is 12.1 Å². The van der Waals surface area contributed by atoms with Crippen LogP contribution in [0.3, 0.4) is 0 Å². The first-order valence-electron chi connectivity index (χ1n) is 7.29. The van der Waals surface area contributed by atoms with E-state index in [-0.39, 0.29) is 26.9 Å². The van der Waals surface area contributed by atoms with Gasteiger partial charge in [-0.3, -0.25) is 9.59 Å². The standard InChI is InChI=1S/C17H14Cl2F2N2O3/c1-22-17(25)14(8-3-4-12(20)13(21)7-8)23-16(24)9-5-10(18)15(26-2)11(19)6-9/h3-7,14H,1-2H3,(H,22,25)(H,23,24). The number of benzene rings is 2. The highest BCUT2D eigenvalue weighted by Gasteiger charge is 2.24. The summed E-state index contributed by atoms with van der Waals surface area (Å²) in [6.07, 6.45) is 0. The molecular weight excluding hydrogens is 389 g/mol. The van der Waals surface area contributed by atoms with Gasteiger partial charge in [0.15, 0.2) is 17.4 Å². The van der Waals surface area contributed by atoms with Gasteiger partial charge in [-0.05, 0) is 29.8 Å². The van der Waals surface area contributed by atoms with E-state index in [2.05, 4.69) is 10.6 Å². The zero-order valence-electron chi connectivity index (χ0n) is 13.7. The van der Waals surface area contributed by atoms with E-state index >= 15 is 0 Å². The van der Waals surface area contributed by atoms with Crippen molar-refractivity contribution >= 4 is 35.0 Å². The van der Waals surface area contributed by atoms with Crippen LogP contribution in [0, 0.1) is 11.6 Å².